The van der Waals surface area contributed by atoms with Gasteiger partial charge in [-0.25, -0.2) is 18.6 Å². The second-order valence-electron chi connectivity index (χ2n) is 2.47. The smallest absolute Gasteiger partial charge is 0.341 e. The average Bonchev–Trinajstić information content (AvgIpc) is 2.15. The van der Waals surface area contributed by atoms with Gasteiger partial charge in [0, 0.05) is 6.20 Å². The number of hydrogen-bond donors (Lipinski definition) is 1. The van der Waals surface area contributed by atoms with E-state index in [1.54, 1.807) is 0 Å². The van der Waals surface area contributed by atoms with Gasteiger partial charge in [0.2, 0.25) is 5.95 Å². The third kappa shape index (κ3) is 1.88. The molecule has 0 saturated carbocycles. The molecule has 1 aromatic rings. The van der Waals surface area contributed by atoms with E-state index in [1.807, 2.05) is 0 Å². The van der Waals surface area contributed by atoms with E-state index in [9.17, 15) is 18.0 Å². The minimum absolute atomic E-state index is 0.449. The van der Waals surface area contributed by atoms with E-state index in [1.165, 1.54) is 6.07 Å². The number of pyridine rings is 1. The monoisotopic (exact) mass is 216 g/mol. The predicted octanol–water partition coefficient (Wildman–Crippen LogP) is 1.73. The summed E-state index contributed by atoms with van der Waals surface area (Å²) in [5.74, 6) is -3.26. The molecule has 0 amide bonds. The highest BCUT2D eigenvalue weighted by molar-refractivity contribution is 5.91. The molecule has 0 atom stereocenters. The van der Waals surface area contributed by atoms with Crippen LogP contribution < -0.4 is 0 Å². The first-order chi connectivity index (χ1) is 6.99. The molecule has 4 nitrogen and oxygen atoms in total. The topological polar surface area (TPSA) is 74.0 Å². The number of carboxylic acids is 1. The molecule has 0 fully saturated rings. The van der Waals surface area contributed by atoms with Crippen LogP contribution in [0.15, 0.2) is 6.20 Å². The van der Waals surface area contributed by atoms with Crippen molar-refractivity contribution in [1.29, 1.82) is 5.26 Å². The van der Waals surface area contributed by atoms with Gasteiger partial charge in [-0.15, -0.1) is 0 Å². The van der Waals surface area contributed by atoms with E-state index in [-0.39, 0.29) is 0 Å². The van der Waals surface area contributed by atoms with Crippen LogP contribution in [-0.2, 0) is 0 Å². The van der Waals surface area contributed by atoms with Gasteiger partial charge in [-0.2, -0.15) is 9.65 Å². The summed E-state index contributed by atoms with van der Waals surface area (Å²) < 4.78 is 37.4. The molecule has 15 heavy (non-hydrogen) atoms. The highest BCUT2D eigenvalue weighted by atomic mass is 19.3. The van der Waals surface area contributed by atoms with Gasteiger partial charge in [0.25, 0.3) is 6.43 Å². The molecule has 1 aromatic heterocycles. The summed E-state index contributed by atoms with van der Waals surface area (Å²) in [6.07, 6.45) is -2.63. The van der Waals surface area contributed by atoms with Crippen LogP contribution in [-0.4, -0.2) is 16.1 Å². The molecule has 1 rings (SSSR count). The van der Waals surface area contributed by atoms with Crippen LogP contribution in [0.1, 0.15) is 27.9 Å². The third-order valence-electron chi connectivity index (χ3n) is 1.62. The molecule has 0 spiro atoms. The standard InChI is InChI=1S/C8H3F3N2O2/c9-6(10)4-2-13-7(11)5(8(14)15)3(4)1-12/h2,6H,(H,14,15). The summed E-state index contributed by atoms with van der Waals surface area (Å²) in [6.45, 7) is 0. The lowest BCUT2D eigenvalue weighted by Gasteiger charge is -2.05. The van der Waals surface area contributed by atoms with E-state index in [0.29, 0.717) is 6.20 Å². The molecular weight excluding hydrogens is 213 g/mol. The molecule has 0 bridgehead atoms. The van der Waals surface area contributed by atoms with E-state index in [4.69, 9.17) is 10.4 Å². The number of halogens is 3. The van der Waals surface area contributed by atoms with Crippen molar-refractivity contribution in [2.75, 3.05) is 0 Å². The number of hydrogen-bond acceptors (Lipinski definition) is 3. The van der Waals surface area contributed by atoms with Crippen molar-refractivity contribution in [2.45, 2.75) is 6.43 Å². The molecule has 0 aromatic carbocycles. The largest absolute Gasteiger partial charge is 0.477 e. The molecular formula is C8H3F3N2O2. The Balaban J connectivity index is 3.56. The number of alkyl halides is 2. The Morgan fingerprint density at radius 3 is 2.60 bits per heavy atom. The minimum Gasteiger partial charge on any atom is -0.477 e. The number of carboxylic acid groups (broad SMARTS) is 1. The van der Waals surface area contributed by atoms with Crippen molar-refractivity contribution in [3.63, 3.8) is 0 Å². The molecule has 0 aliphatic heterocycles. The van der Waals surface area contributed by atoms with Crippen molar-refractivity contribution in [1.82, 2.24) is 4.98 Å². The van der Waals surface area contributed by atoms with Gasteiger partial charge in [-0.05, 0) is 0 Å². The normalized spacial score (nSPS) is 10.1. The predicted molar refractivity (Wildman–Crippen MR) is 40.8 cm³/mol. The number of carbonyl (C=O) groups is 1. The maximum Gasteiger partial charge on any atom is 0.341 e. The highest BCUT2D eigenvalue weighted by Gasteiger charge is 2.24. The Morgan fingerprint density at radius 1 is 1.60 bits per heavy atom. The second kappa shape index (κ2) is 3.96. The lowest BCUT2D eigenvalue weighted by Crippen LogP contribution is -2.09. The Bertz CT molecular complexity index is 454. The molecule has 0 unspecified atom stereocenters. The summed E-state index contributed by atoms with van der Waals surface area (Å²) in [7, 11) is 0. The summed E-state index contributed by atoms with van der Waals surface area (Å²) in [6, 6.07) is 1.23. The summed E-state index contributed by atoms with van der Waals surface area (Å²) in [5, 5.41) is 17.0. The van der Waals surface area contributed by atoms with E-state index in [0.717, 1.165) is 0 Å². The van der Waals surface area contributed by atoms with Crippen molar-refractivity contribution in [3.05, 3.63) is 28.8 Å². The summed E-state index contributed by atoms with van der Waals surface area (Å²) in [4.78, 5) is 13.4. The lowest BCUT2D eigenvalue weighted by molar-refractivity contribution is 0.0689. The number of aromatic nitrogens is 1. The Labute approximate surface area is 81.6 Å². The highest BCUT2D eigenvalue weighted by Crippen LogP contribution is 2.25. The number of nitriles is 1. The Morgan fingerprint density at radius 2 is 2.20 bits per heavy atom. The maximum atomic E-state index is 12.8. The molecule has 0 saturated heterocycles. The van der Waals surface area contributed by atoms with Gasteiger partial charge in [0.1, 0.15) is 11.6 Å². The van der Waals surface area contributed by atoms with Crippen LogP contribution in [0.4, 0.5) is 13.2 Å². The lowest BCUT2D eigenvalue weighted by atomic mass is 10.1. The van der Waals surface area contributed by atoms with Gasteiger partial charge in [-0.1, -0.05) is 0 Å². The van der Waals surface area contributed by atoms with Crippen molar-refractivity contribution in [3.8, 4) is 6.07 Å². The zero-order chi connectivity index (χ0) is 11.6. The van der Waals surface area contributed by atoms with Crippen molar-refractivity contribution < 1.29 is 23.1 Å². The molecule has 0 radical (unpaired) electrons. The minimum atomic E-state index is -3.08. The van der Waals surface area contributed by atoms with Gasteiger partial charge < -0.3 is 5.11 Å². The van der Waals surface area contributed by atoms with Gasteiger partial charge in [0.15, 0.2) is 0 Å². The molecule has 0 aliphatic carbocycles. The summed E-state index contributed by atoms with van der Waals surface area (Å²) in [5.41, 5.74) is -2.92. The van der Waals surface area contributed by atoms with Gasteiger partial charge in [-0.3, -0.25) is 0 Å². The Kier molecular flexibility index (Phi) is 2.90. The van der Waals surface area contributed by atoms with Crippen LogP contribution >= 0.6 is 0 Å². The summed E-state index contributed by atoms with van der Waals surface area (Å²) >= 11 is 0. The van der Waals surface area contributed by atoms with Crippen LogP contribution in [0, 0.1) is 17.3 Å². The fraction of sp³-hybridized carbons (Fsp3) is 0.125. The van der Waals surface area contributed by atoms with E-state index < -0.39 is 35.0 Å². The first-order valence-corrected chi connectivity index (χ1v) is 3.59. The van der Waals surface area contributed by atoms with Crippen LogP contribution in [0.25, 0.3) is 0 Å². The number of aromatic carboxylic acids is 1. The quantitative estimate of drug-likeness (QED) is 0.764. The zero-order valence-corrected chi connectivity index (χ0v) is 7.04. The van der Waals surface area contributed by atoms with E-state index >= 15 is 0 Å². The number of rotatable bonds is 2. The van der Waals surface area contributed by atoms with Gasteiger partial charge >= 0.3 is 5.97 Å². The molecule has 78 valence electrons. The SMILES string of the molecule is N#Cc1c(C(F)F)cnc(F)c1C(=O)O. The maximum absolute atomic E-state index is 12.8. The van der Waals surface area contributed by atoms with Crippen LogP contribution in [0.3, 0.4) is 0 Å². The third-order valence-corrected chi connectivity index (χ3v) is 1.62. The zero-order valence-electron chi connectivity index (χ0n) is 7.04. The van der Waals surface area contributed by atoms with Crippen LogP contribution in [0.5, 0.6) is 0 Å². The van der Waals surface area contributed by atoms with E-state index in [2.05, 4.69) is 4.98 Å². The number of nitrogens with zero attached hydrogens (tertiary/aromatic N) is 2. The fourth-order valence-electron chi connectivity index (χ4n) is 0.984. The second-order valence-corrected chi connectivity index (χ2v) is 2.47. The first kappa shape index (κ1) is 11.0. The molecule has 7 heteroatoms. The molecule has 1 N–H and O–H groups in total. The average molecular weight is 216 g/mol. The molecule has 1 heterocycles. The fourth-order valence-corrected chi connectivity index (χ4v) is 0.984. The van der Waals surface area contributed by atoms with Crippen molar-refractivity contribution in [2.24, 2.45) is 0 Å². The molecule has 0 aliphatic rings. The van der Waals surface area contributed by atoms with Gasteiger partial charge in [0.05, 0.1) is 11.1 Å². The first-order valence-electron chi connectivity index (χ1n) is 3.59. The van der Waals surface area contributed by atoms with Crippen LogP contribution in [0.2, 0.25) is 0 Å². The Hall–Kier alpha value is -2.10. The van der Waals surface area contributed by atoms with Crippen molar-refractivity contribution >= 4 is 5.97 Å².